The molecule has 5 rings (SSSR count). The van der Waals surface area contributed by atoms with Gasteiger partial charge in [-0.1, -0.05) is 6.07 Å². The Morgan fingerprint density at radius 2 is 1.66 bits per heavy atom. The van der Waals surface area contributed by atoms with Gasteiger partial charge in [-0.15, -0.1) is 0 Å². The third-order valence-electron chi connectivity index (χ3n) is 6.29. The first-order valence-electron chi connectivity index (χ1n) is 11.5. The Morgan fingerprint density at radius 3 is 2.43 bits per heavy atom. The Morgan fingerprint density at radius 1 is 0.914 bits per heavy atom. The first-order valence-corrected chi connectivity index (χ1v) is 12.9. The number of fused-ring (bicyclic) bond motifs is 1. The van der Waals surface area contributed by atoms with Gasteiger partial charge in [-0.25, -0.2) is 22.5 Å². The largest absolute Gasteiger partial charge is 0.368 e. The van der Waals surface area contributed by atoms with E-state index < -0.39 is 10.0 Å². The molecule has 0 unspecified atom stereocenters. The van der Waals surface area contributed by atoms with Gasteiger partial charge in [-0.3, -0.25) is 4.98 Å². The Hall–Kier alpha value is -3.56. The molecule has 1 saturated heterocycles. The molecule has 3 heterocycles. The maximum absolute atomic E-state index is 13.2. The van der Waals surface area contributed by atoms with Gasteiger partial charge in [-0.05, 0) is 72.6 Å². The fraction of sp³-hybridized carbons (Fsp3) is 0.231. The molecule has 0 atom stereocenters. The molecule has 0 amide bonds. The summed E-state index contributed by atoms with van der Waals surface area (Å²) in [5.74, 6) is 0.571. The number of hydrogen-bond acceptors (Lipinski definition) is 6. The Kier molecular flexibility index (Phi) is 6.36. The van der Waals surface area contributed by atoms with E-state index in [1.165, 1.54) is 12.1 Å². The molecule has 1 aliphatic rings. The van der Waals surface area contributed by atoms with Gasteiger partial charge in [0.1, 0.15) is 11.6 Å². The van der Waals surface area contributed by atoms with Crippen LogP contribution in [0.4, 0.5) is 15.9 Å². The predicted octanol–water partition coefficient (Wildman–Crippen LogP) is 3.88. The summed E-state index contributed by atoms with van der Waals surface area (Å²) in [4.78, 5) is 13.5. The highest BCUT2D eigenvalue weighted by molar-refractivity contribution is 7.89. The van der Waals surface area contributed by atoms with Gasteiger partial charge in [0.05, 0.1) is 10.4 Å². The van der Waals surface area contributed by atoms with Crippen LogP contribution in [0.3, 0.4) is 0 Å². The standard InChI is InChI=1S/C26H26FN5O2S/c1-19-4-9-24(23-3-2-11-29-26(19)23)35(33,34)30-18-20-10-12-28-25(17-20)32-15-13-31(14-16-32)22-7-5-21(27)6-8-22/h2-12,17,30H,13-16,18H2,1H3. The van der Waals surface area contributed by atoms with Crippen LogP contribution >= 0.6 is 0 Å². The average Bonchev–Trinajstić information content (AvgIpc) is 2.89. The molecule has 4 aromatic rings. The van der Waals surface area contributed by atoms with E-state index in [1.807, 2.05) is 19.1 Å². The number of aromatic nitrogens is 2. The van der Waals surface area contributed by atoms with Crippen molar-refractivity contribution in [3.8, 4) is 0 Å². The number of sulfonamides is 1. The molecule has 1 N–H and O–H groups in total. The van der Waals surface area contributed by atoms with Crippen LogP contribution in [0.1, 0.15) is 11.1 Å². The van der Waals surface area contributed by atoms with Gasteiger partial charge in [-0.2, -0.15) is 0 Å². The van der Waals surface area contributed by atoms with Crippen molar-refractivity contribution in [1.29, 1.82) is 0 Å². The molecule has 180 valence electrons. The smallest absolute Gasteiger partial charge is 0.241 e. The van der Waals surface area contributed by atoms with Crippen LogP contribution in [0, 0.1) is 12.7 Å². The number of benzene rings is 2. The fourth-order valence-corrected chi connectivity index (χ4v) is 5.58. The molecule has 7 nitrogen and oxygen atoms in total. The molecule has 0 saturated carbocycles. The van der Waals surface area contributed by atoms with E-state index in [4.69, 9.17) is 0 Å². The molecule has 0 bridgehead atoms. The number of aryl methyl sites for hydroxylation is 1. The quantitative estimate of drug-likeness (QED) is 0.441. The molecule has 0 aliphatic carbocycles. The summed E-state index contributed by atoms with van der Waals surface area (Å²) in [7, 11) is -3.74. The van der Waals surface area contributed by atoms with Gasteiger partial charge in [0.15, 0.2) is 0 Å². The highest BCUT2D eigenvalue weighted by Crippen LogP contribution is 2.25. The monoisotopic (exact) mass is 491 g/mol. The highest BCUT2D eigenvalue weighted by atomic mass is 32.2. The van der Waals surface area contributed by atoms with Crippen LogP contribution in [-0.2, 0) is 16.6 Å². The molecule has 0 radical (unpaired) electrons. The van der Waals surface area contributed by atoms with Crippen molar-refractivity contribution in [3.05, 3.63) is 90.0 Å². The minimum Gasteiger partial charge on any atom is -0.368 e. The first-order chi connectivity index (χ1) is 16.9. The van der Waals surface area contributed by atoms with Crippen molar-refractivity contribution in [2.45, 2.75) is 18.4 Å². The van der Waals surface area contributed by atoms with Gasteiger partial charge in [0.2, 0.25) is 10.0 Å². The van der Waals surface area contributed by atoms with Crippen molar-refractivity contribution in [2.75, 3.05) is 36.0 Å². The number of piperazine rings is 1. The molecule has 35 heavy (non-hydrogen) atoms. The van der Waals surface area contributed by atoms with Crippen molar-refractivity contribution in [3.63, 3.8) is 0 Å². The maximum atomic E-state index is 13.2. The van der Waals surface area contributed by atoms with E-state index in [1.54, 1.807) is 48.8 Å². The topological polar surface area (TPSA) is 78.4 Å². The van der Waals surface area contributed by atoms with Gasteiger partial charge >= 0.3 is 0 Å². The number of rotatable bonds is 6. The number of anilines is 2. The number of nitrogens with one attached hydrogen (secondary N) is 1. The second kappa shape index (κ2) is 9.59. The lowest BCUT2D eigenvalue weighted by molar-refractivity contribution is 0.582. The van der Waals surface area contributed by atoms with E-state index in [-0.39, 0.29) is 17.3 Å². The summed E-state index contributed by atoms with van der Waals surface area (Å²) in [6, 6.07) is 17.2. The summed E-state index contributed by atoms with van der Waals surface area (Å²) in [5, 5.41) is 0.606. The molecular formula is C26H26FN5O2S. The second-order valence-electron chi connectivity index (χ2n) is 8.58. The van der Waals surface area contributed by atoms with Crippen molar-refractivity contribution < 1.29 is 12.8 Å². The van der Waals surface area contributed by atoms with Gasteiger partial charge in [0, 0.05) is 56.2 Å². The summed E-state index contributed by atoms with van der Waals surface area (Å²) in [6.45, 7) is 5.18. The number of pyridine rings is 2. The van der Waals surface area contributed by atoms with Crippen molar-refractivity contribution in [2.24, 2.45) is 0 Å². The molecular weight excluding hydrogens is 465 g/mol. The van der Waals surface area contributed by atoms with Gasteiger partial charge in [0.25, 0.3) is 0 Å². The predicted molar refractivity (Wildman–Crippen MR) is 136 cm³/mol. The van der Waals surface area contributed by atoms with Gasteiger partial charge < -0.3 is 9.80 Å². The normalized spacial score (nSPS) is 14.5. The second-order valence-corrected chi connectivity index (χ2v) is 10.3. The number of nitrogens with zero attached hydrogens (tertiary/aromatic N) is 4. The minimum absolute atomic E-state index is 0.156. The van der Waals surface area contributed by atoms with Crippen LogP contribution in [0.5, 0.6) is 0 Å². The van der Waals surface area contributed by atoms with Crippen LogP contribution < -0.4 is 14.5 Å². The number of hydrogen-bond donors (Lipinski definition) is 1. The maximum Gasteiger partial charge on any atom is 0.241 e. The SMILES string of the molecule is Cc1ccc(S(=O)(=O)NCc2ccnc(N3CCN(c4ccc(F)cc4)CC3)c2)c2cccnc12. The summed E-state index contributed by atoms with van der Waals surface area (Å²) in [5.41, 5.74) is 3.44. The first kappa shape index (κ1) is 23.2. The number of halogens is 1. The lowest BCUT2D eigenvalue weighted by atomic mass is 10.1. The zero-order valence-corrected chi connectivity index (χ0v) is 20.2. The average molecular weight is 492 g/mol. The third-order valence-corrected chi connectivity index (χ3v) is 7.75. The van der Waals surface area contributed by atoms with E-state index in [0.717, 1.165) is 48.8 Å². The van der Waals surface area contributed by atoms with E-state index in [2.05, 4.69) is 24.5 Å². The van der Waals surface area contributed by atoms with E-state index >= 15 is 0 Å². The van der Waals surface area contributed by atoms with Crippen LogP contribution in [0.2, 0.25) is 0 Å². The highest BCUT2D eigenvalue weighted by Gasteiger charge is 2.20. The zero-order valence-electron chi connectivity index (χ0n) is 19.4. The Balaban J connectivity index is 1.26. The molecule has 9 heteroatoms. The molecule has 0 spiro atoms. The van der Waals surface area contributed by atoms with Crippen LogP contribution in [0.15, 0.2) is 78.0 Å². The van der Waals surface area contributed by atoms with E-state index in [9.17, 15) is 12.8 Å². The third kappa shape index (κ3) is 4.96. The zero-order chi connectivity index (χ0) is 24.4. The summed E-state index contributed by atoms with van der Waals surface area (Å²) in [6.07, 6.45) is 3.37. The summed E-state index contributed by atoms with van der Waals surface area (Å²) < 4.78 is 42.2. The minimum atomic E-state index is -3.74. The fourth-order valence-electron chi connectivity index (χ4n) is 4.37. The Bertz CT molecular complexity index is 1450. The molecule has 2 aromatic heterocycles. The Labute approximate surface area is 204 Å². The lowest BCUT2D eigenvalue weighted by Gasteiger charge is -2.36. The van der Waals surface area contributed by atoms with Crippen LogP contribution in [-0.4, -0.2) is 44.6 Å². The van der Waals surface area contributed by atoms with Crippen molar-refractivity contribution >= 4 is 32.4 Å². The molecule has 1 aliphatic heterocycles. The molecule has 2 aromatic carbocycles. The lowest BCUT2D eigenvalue weighted by Crippen LogP contribution is -2.46. The molecule has 1 fully saturated rings. The summed E-state index contributed by atoms with van der Waals surface area (Å²) >= 11 is 0. The van der Waals surface area contributed by atoms with Crippen LogP contribution in [0.25, 0.3) is 10.9 Å². The van der Waals surface area contributed by atoms with E-state index in [0.29, 0.717) is 10.9 Å². The van der Waals surface area contributed by atoms with Crippen molar-refractivity contribution in [1.82, 2.24) is 14.7 Å².